The van der Waals surface area contributed by atoms with Gasteiger partial charge in [0.1, 0.15) is 11.6 Å². The maximum absolute atomic E-state index is 13.1. The van der Waals surface area contributed by atoms with Crippen LogP contribution in [0.5, 0.6) is 17.2 Å². The van der Waals surface area contributed by atoms with E-state index in [1.54, 1.807) is 42.6 Å². The molecule has 2 aromatic carbocycles. The number of nitrogens with zero attached hydrogens (tertiary/aromatic N) is 1. The average Bonchev–Trinajstić information content (AvgIpc) is 2.78. The SMILES string of the molecule is COc1cc(C(=O)C=Cc2cccnc2Nc2ccc(F)cc2)cc(OC)c1OC. The van der Waals surface area contributed by atoms with E-state index in [4.69, 9.17) is 14.2 Å². The Morgan fingerprint density at radius 2 is 1.67 bits per heavy atom. The molecule has 0 bridgehead atoms. The third-order valence-corrected chi connectivity index (χ3v) is 4.31. The number of benzene rings is 2. The van der Waals surface area contributed by atoms with E-state index in [1.807, 2.05) is 6.07 Å². The molecule has 0 aliphatic rings. The number of methoxy groups -OCH3 is 3. The second-order valence-electron chi connectivity index (χ2n) is 6.18. The fraction of sp³-hybridized carbons (Fsp3) is 0.130. The van der Waals surface area contributed by atoms with E-state index in [9.17, 15) is 9.18 Å². The number of hydrogen-bond donors (Lipinski definition) is 1. The largest absolute Gasteiger partial charge is 0.493 e. The summed E-state index contributed by atoms with van der Waals surface area (Å²) < 4.78 is 29.0. The number of carbonyl (C=O) groups is 1. The number of aromatic nitrogens is 1. The van der Waals surface area contributed by atoms with Crippen LogP contribution in [0.2, 0.25) is 0 Å². The van der Waals surface area contributed by atoms with Crippen molar-refractivity contribution in [2.45, 2.75) is 0 Å². The van der Waals surface area contributed by atoms with Crippen molar-refractivity contribution in [3.63, 3.8) is 0 Å². The Labute approximate surface area is 173 Å². The van der Waals surface area contributed by atoms with Gasteiger partial charge in [-0.1, -0.05) is 0 Å². The molecule has 30 heavy (non-hydrogen) atoms. The second-order valence-corrected chi connectivity index (χ2v) is 6.18. The number of ketones is 1. The lowest BCUT2D eigenvalue weighted by atomic mass is 10.1. The fourth-order valence-corrected chi connectivity index (χ4v) is 2.81. The maximum Gasteiger partial charge on any atom is 0.203 e. The lowest BCUT2D eigenvalue weighted by molar-refractivity contribution is 0.104. The van der Waals surface area contributed by atoms with Crippen LogP contribution in [0.25, 0.3) is 6.08 Å². The number of hydrogen-bond acceptors (Lipinski definition) is 6. The normalized spacial score (nSPS) is 10.7. The van der Waals surface area contributed by atoms with Crippen LogP contribution in [0, 0.1) is 5.82 Å². The number of ether oxygens (including phenoxy) is 3. The molecule has 1 N–H and O–H groups in total. The average molecular weight is 408 g/mol. The van der Waals surface area contributed by atoms with Crippen LogP contribution in [0.3, 0.4) is 0 Å². The molecule has 0 saturated carbocycles. The number of carbonyl (C=O) groups excluding carboxylic acids is 1. The Morgan fingerprint density at radius 3 is 2.27 bits per heavy atom. The van der Waals surface area contributed by atoms with E-state index in [0.717, 1.165) is 0 Å². The molecular formula is C23H21FN2O4. The standard InChI is InChI=1S/C23H21FN2O4/c1-28-20-13-16(14-21(29-2)22(20)30-3)19(27)11-6-15-5-4-12-25-23(15)26-18-9-7-17(24)8-10-18/h4-14H,1-3H3,(H,25,26). The molecule has 3 rings (SSSR count). The van der Waals surface area contributed by atoms with Crippen LogP contribution in [0.1, 0.15) is 15.9 Å². The number of pyridine rings is 1. The quantitative estimate of drug-likeness (QED) is 0.423. The van der Waals surface area contributed by atoms with Crippen molar-refractivity contribution in [1.82, 2.24) is 4.98 Å². The van der Waals surface area contributed by atoms with Crippen molar-refractivity contribution in [1.29, 1.82) is 0 Å². The number of allylic oxidation sites excluding steroid dienone is 1. The molecule has 0 amide bonds. The van der Waals surface area contributed by atoms with Gasteiger partial charge >= 0.3 is 0 Å². The smallest absolute Gasteiger partial charge is 0.203 e. The van der Waals surface area contributed by atoms with Gasteiger partial charge in [0.2, 0.25) is 5.75 Å². The summed E-state index contributed by atoms with van der Waals surface area (Å²) in [5.74, 6) is 1.18. The molecule has 0 saturated heterocycles. The first kappa shape index (κ1) is 20.9. The summed E-state index contributed by atoms with van der Waals surface area (Å²) in [6, 6.07) is 12.7. The monoisotopic (exact) mass is 408 g/mol. The highest BCUT2D eigenvalue weighted by molar-refractivity contribution is 6.07. The van der Waals surface area contributed by atoms with Gasteiger partial charge in [-0.05, 0) is 60.7 Å². The first-order valence-electron chi connectivity index (χ1n) is 9.05. The Morgan fingerprint density at radius 1 is 1.00 bits per heavy atom. The Balaban J connectivity index is 1.86. The predicted octanol–water partition coefficient (Wildman–Crippen LogP) is 4.89. The van der Waals surface area contributed by atoms with E-state index in [-0.39, 0.29) is 11.6 Å². The van der Waals surface area contributed by atoms with Gasteiger partial charge < -0.3 is 19.5 Å². The first-order chi connectivity index (χ1) is 14.5. The van der Waals surface area contributed by atoms with Gasteiger partial charge in [0, 0.05) is 23.0 Å². The zero-order valence-corrected chi connectivity index (χ0v) is 16.8. The Kier molecular flexibility index (Phi) is 6.64. The van der Waals surface area contributed by atoms with Crippen molar-refractivity contribution in [2.24, 2.45) is 0 Å². The van der Waals surface area contributed by atoms with Crippen molar-refractivity contribution < 1.29 is 23.4 Å². The van der Waals surface area contributed by atoms with E-state index >= 15 is 0 Å². The van der Waals surface area contributed by atoms with Gasteiger partial charge in [0.25, 0.3) is 0 Å². The molecule has 1 heterocycles. The molecule has 0 unspecified atom stereocenters. The third kappa shape index (κ3) is 4.75. The van der Waals surface area contributed by atoms with Crippen molar-refractivity contribution in [3.05, 3.63) is 77.7 Å². The highest BCUT2D eigenvalue weighted by atomic mass is 19.1. The minimum absolute atomic E-state index is 0.245. The number of rotatable bonds is 8. The first-order valence-corrected chi connectivity index (χ1v) is 9.05. The van der Waals surface area contributed by atoms with Gasteiger partial charge in [-0.3, -0.25) is 4.79 Å². The zero-order chi connectivity index (χ0) is 21.5. The minimum Gasteiger partial charge on any atom is -0.493 e. The van der Waals surface area contributed by atoms with Crippen molar-refractivity contribution in [3.8, 4) is 17.2 Å². The van der Waals surface area contributed by atoms with Crippen molar-refractivity contribution >= 4 is 23.4 Å². The summed E-state index contributed by atoms with van der Waals surface area (Å²) >= 11 is 0. The summed E-state index contributed by atoms with van der Waals surface area (Å²) in [6.45, 7) is 0. The molecular weight excluding hydrogens is 387 g/mol. The number of halogens is 1. The van der Waals surface area contributed by atoms with Crippen LogP contribution < -0.4 is 19.5 Å². The summed E-state index contributed by atoms with van der Waals surface area (Å²) in [6.07, 6.45) is 4.72. The van der Waals surface area contributed by atoms with Crippen LogP contribution in [-0.2, 0) is 0 Å². The van der Waals surface area contributed by atoms with Gasteiger partial charge in [-0.25, -0.2) is 9.37 Å². The topological polar surface area (TPSA) is 69.7 Å². The fourth-order valence-electron chi connectivity index (χ4n) is 2.81. The van der Waals surface area contributed by atoms with Crippen LogP contribution in [0.15, 0.2) is 60.8 Å². The predicted molar refractivity (Wildman–Crippen MR) is 113 cm³/mol. The molecule has 0 atom stereocenters. The van der Waals surface area contributed by atoms with Gasteiger partial charge in [-0.2, -0.15) is 0 Å². The third-order valence-electron chi connectivity index (χ3n) is 4.31. The van der Waals surface area contributed by atoms with Gasteiger partial charge in [0.05, 0.1) is 21.3 Å². The maximum atomic E-state index is 13.1. The lowest BCUT2D eigenvalue weighted by Gasteiger charge is -2.13. The van der Waals surface area contributed by atoms with E-state index < -0.39 is 0 Å². The Hall–Kier alpha value is -3.87. The van der Waals surface area contributed by atoms with Gasteiger partial charge in [0.15, 0.2) is 17.3 Å². The lowest BCUT2D eigenvalue weighted by Crippen LogP contribution is -2.01. The van der Waals surface area contributed by atoms with E-state index in [0.29, 0.717) is 39.9 Å². The van der Waals surface area contributed by atoms with Gasteiger partial charge in [-0.15, -0.1) is 0 Å². The van der Waals surface area contributed by atoms with E-state index in [1.165, 1.54) is 39.5 Å². The van der Waals surface area contributed by atoms with E-state index in [2.05, 4.69) is 10.3 Å². The summed E-state index contributed by atoms with van der Waals surface area (Å²) in [5, 5.41) is 3.12. The highest BCUT2D eigenvalue weighted by Crippen LogP contribution is 2.38. The molecule has 0 fully saturated rings. The van der Waals surface area contributed by atoms with Crippen molar-refractivity contribution in [2.75, 3.05) is 26.6 Å². The van der Waals surface area contributed by atoms with Crippen LogP contribution in [0.4, 0.5) is 15.9 Å². The molecule has 0 aliphatic heterocycles. The molecule has 3 aromatic rings. The van der Waals surface area contributed by atoms with Crippen LogP contribution >= 0.6 is 0 Å². The molecule has 7 heteroatoms. The second kappa shape index (κ2) is 9.56. The molecule has 0 aliphatic carbocycles. The summed E-state index contributed by atoms with van der Waals surface area (Å²) in [7, 11) is 4.48. The zero-order valence-electron chi connectivity index (χ0n) is 16.8. The Bertz CT molecular complexity index is 1040. The molecule has 0 radical (unpaired) electrons. The highest BCUT2D eigenvalue weighted by Gasteiger charge is 2.16. The molecule has 154 valence electrons. The summed E-state index contributed by atoms with van der Waals surface area (Å²) in [5.41, 5.74) is 1.76. The molecule has 1 aromatic heterocycles. The number of anilines is 2. The molecule has 0 spiro atoms. The van der Waals surface area contributed by atoms with Crippen LogP contribution in [-0.4, -0.2) is 32.1 Å². The minimum atomic E-state index is -0.322. The summed E-state index contributed by atoms with van der Waals surface area (Å²) in [4.78, 5) is 17.0. The number of nitrogens with one attached hydrogen (secondary N) is 1. The molecule has 6 nitrogen and oxygen atoms in total.